The van der Waals surface area contributed by atoms with Gasteiger partial charge in [0.2, 0.25) is 5.91 Å². The smallest absolute Gasteiger partial charge is 0.254 e. The zero-order valence-corrected chi connectivity index (χ0v) is 16.6. The Morgan fingerprint density at radius 1 is 1.07 bits per heavy atom. The van der Waals surface area contributed by atoms with E-state index >= 15 is 0 Å². The SMILES string of the molecule is O=C(CN1CC2(CC2)c2cc(Br)ccc2C1=O)NC1(c2ccccc2)CC1. The summed E-state index contributed by atoms with van der Waals surface area (Å²) in [5.74, 6) is -0.101. The lowest BCUT2D eigenvalue weighted by Crippen LogP contribution is -2.49. The maximum absolute atomic E-state index is 13.0. The maximum atomic E-state index is 13.0. The molecule has 1 spiro atoms. The van der Waals surface area contributed by atoms with Crippen LogP contribution in [0.5, 0.6) is 0 Å². The minimum Gasteiger partial charge on any atom is -0.345 e. The maximum Gasteiger partial charge on any atom is 0.254 e. The number of halogens is 1. The highest BCUT2D eigenvalue weighted by atomic mass is 79.9. The van der Waals surface area contributed by atoms with E-state index in [-0.39, 0.29) is 29.3 Å². The van der Waals surface area contributed by atoms with Crippen molar-refractivity contribution in [1.29, 1.82) is 0 Å². The van der Waals surface area contributed by atoms with E-state index < -0.39 is 0 Å². The third-order valence-corrected chi connectivity index (χ3v) is 6.70. The largest absolute Gasteiger partial charge is 0.345 e. The van der Waals surface area contributed by atoms with Crippen molar-refractivity contribution in [3.8, 4) is 0 Å². The number of carbonyl (C=O) groups is 2. The van der Waals surface area contributed by atoms with Crippen LogP contribution < -0.4 is 5.32 Å². The fourth-order valence-corrected chi connectivity index (χ4v) is 4.75. The van der Waals surface area contributed by atoms with Crippen LogP contribution in [0.3, 0.4) is 0 Å². The summed E-state index contributed by atoms with van der Waals surface area (Å²) in [5, 5.41) is 3.19. The molecule has 0 aromatic heterocycles. The second kappa shape index (κ2) is 5.93. The van der Waals surface area contributed by atoms with Gasteiger partial charge in [0, 0.05) is 22.0 Å². The summed E-state index contributed by atoms with van der Waals surface area (Å²) >= 11 is 3.52. The first-order valence-corrected chi connectivity index (χ1v) is 10.3. The summed E-state index contributed by atoms with van der Waals surface area (Å²) in [6.07, 6.45) is 4.07. The zero-order valence-electron chi connectivity index (χ0n) is 15.0. The molecule has 0 unspecified atom stereocenters. The lowest BCUT2D eigenvalue weighted by molar-refractivity contribution is -0.123. The van der Waals surface area contributed by atoms with E-state index in [1.54, 1.807) is 4.90 Å². The summed E-state index contributed by atoms with van der Waals surface area (Å²) in [6, 6.07) is 16.0. The fourth-order valence-electron chi connectivity index (χ4n) is 4.39. The molecule has 2 aromatic carbocycles. The van der Waals surface area contributed by atoms with Crippen LogP contribution in [0.2, 0.25) is 0 Å². The highest BCUT2D eigenvalue weighted by molar-refractivity contribution is 9.10. The number of carbonyl (C=O) groups excluding carboxylic acids is 2. The van der Waals surface area contributed by atoms with E-state index in [0.717, 1.165) is 46.8 Å². The Hall–Kier alpha value is -2.14. The Kier molecular flexibility index (Phi) is 3.73. The van der Waals surface area contributed by atoms with Gasteiger partial charge in [-0.15, -0.1) is 0 Å². The Balaban J connectivity index is 1.34. The standard InChI is InChI=1S/C22H21BrN2O2/c23-16-6-7-17-18(12-16)21(8-9-21)14-25(20(17)27)13-19(26)24-22(10-11-22)15-4-2-1-3-5-15/h1-7,12H,8-11,13-14H2,(H,24,26). The van der Waals surface area contributed by atoms with Crippen molar-refractivity contribution in [3.63, 3.8) is 0 Å². The summed E-state index contributed by atoms with van der Waals surface area (Å²) in [4.78, 5) is 27.5. The highest BCUT2D eigenvalue weighted by Gasteiger charge is 2.52. The Morgan fingerprint density at radius 2 is 1.81 bits per heavy atom. The van der Waals surface area contributed by atoms with E-state index in [2.05, 4.69) is 39.4 Å². The van der Waals surface area contributed by atoms with E-state index in [4.69, 9.17) is 0 Å². The minimum absolute atomic E-state index is 0.0327. The van der Waals surface area contributed by atoms with Crippen molar-refractivity contribution in [1.82, 2.24) is 10.2 Å². The van der Waals surface area contributed by atoms with Crippen LogP contribution in [0.15, 0.2) is 53.0 Å². The molecule has 0 radical (unpaired) electrons. The molecule has 2 saturated carbocycles. The molecule has 138 valence electrons. The molecular formula is C22H21BrN2O2. The van der Waals surface area contributed by atoms with Gasteiger partial charge in [-0.05, 0) is 55.0 Å². The van der Waals surface area contributed by atoms with Gasteiger partial charge in [0.1, 0.15) is 0 Å². The lowest BCUT2D eigenvalue weighted by Gasteiger charge is -2.35. The number of nitrogens with one attached hydrogen (secondary N) is 1. The van der Waals surface area contributed by atoms with Gasteiger partial charge < -0.3 is 10.2 Å². The van der Waals surface area contributed by atoms with Crippen molar-refractivity contribution < 1.29 is 9.59 Å². The molecule has 2 aliphatic carbocycles. The number of amides is 2. The van der Waals surface area contributed by atoms with Gasteiger partial charge in [0.05, 0.1) is 12.1 Å². The average Bonchev–Trinajstić information content (AvgIpc) is 3.58. The van der Waals surface area contributed by atoms with Gasteiger partial charge in [-0.2, -0.15) is 0 Å². The first-order valence-electron chi connectivity index (χ1n) is 9.47. The quantitative estimate of drug-likeness (QED) is 0.812. The van der Waals surface area contributed by atoms with Gasteiger partial charge in [-0.1, -0.05) is 46.3 Å². The van der Waals surface area contributed by atoms with Gasteiger partial charge in [-0.25, -0.2) is 0 Å². The normalized spacial score (nSPS) is 20.9. The summed E-state index contributed by atoms with van der Waals surface area (Å²) in [5.41, 5.74) is 2.85. The molecule has 2 amide bonds. The third-order valence-electron chi connectivity index (χ3n) is 6.21. The van der Waals surface area contributed by atoms with Crippen molar-refractivity contribution in [2.75, 3.05) is 13.1 Å². The predicted molar refractivity (Wildman–Crippen MR) is 106 cm³/mol. The van der Waals surface area contributed by atoms with Gasteiger partial charge in [0.25, 0.3) is 5.91 Å². The summed E-state index contributed by atoms with van der Waals surface area (Å²) in [6.45, 7) is 0.770. The van der Waals surface area contributed by atoms with Crippen LogP contribution >= 0.6 is 15.9 Å². The number of fused-ring (bicyclic) bond motifs is 2. The molecule has 0 atom stereocenters. The van der Waals surface area contributed by atoms with Crippen molar-refractivity contribution in [3.05, 3.63) is 69.7 Å². The molecule has 1 N–H and O–H groups in total. The molecule has 3 aliphatic rings. The molecule has 2 aromatic rings. The van der Waals surface area contributed by atoms with Crippen LogP contribution in [0.1, 0.15) is 47.2 Å². The Labute approximate surface area is 167 Å². The first-order chi connectivity index (χ1) is 13.0. The highest BCUT2D eigenvalue weighted by Crippen LogP contribution is 2.53. The topological polar surface area (TPSA) is 49.4 Å². The summed E-state index contributed by atoms with van der Waals surface area (Å²) in [7, 11) is 0. The first kappa shape index (κ1) is 17.0. The molecule has 2 fully saturated rings. The molecule has 5 rings (SSSR count). The van der Waals surface area contributed by atoms with Gasteiger partial charge >= 0.3 is 0 Å². The minimum atomic E-state index is -0.239. The summed E-state index contributed by atoms with van der Waals surface area (Å²) < 4.78 is 1.00. The van der Waals surface area contributed by atoms with E-state index in [9.17, 15) is 9.59 Å². The Bertz CT molecular complexity index is 933. The molecule has 0 bridgehead atoms. The third kappa shape index (κ3) is 2.89. The number of rotatable bonds is 4. The number of hydrogen-bond donors (Lipinski definition) is 1. The van der Waals surface area contributed by atoms with Crippen molar-refractivity contribution >= 4 is 27.7 Å². The number of hydrogen-bond acceptors (Lipinski definition) is 2. The predicted octanol–water partition coefficient (Wildman–Crippen LogP) is 3.74. The molecule has 5 heteroatoms. The molecule has 4 nitrogen and oxygen atoms in total. The lowest BCUT2D eigenvalue weighted by atomic mass is 9.86. The second-order valence-electron chi connectivity index (χ2n) is 8.13. The number of benzene rings is 2. The van der Waals surface area contributed by atoms with E-state index in [1.165, 1.54) is 0 Å². The molecule has 27 heavy (non-hydrogen) atoms. The van der Waals surface area contributed by atoms with Crippen LogP contribution in [-0.4, -0.2) is 29.8 Å². The molecule has 1 heterocycles. The van der Waals surface area contributed by atoms with Crippen molar-refractivity contribution in [2.45, 2.75) is 36.6 Å². The average molecular weight is 425 g/mol. The van der Waals surface area contributed by atoms with E-state index in [1.807, 2.05) is 30.3 Å². The Morgan fingerprint density at radius 3 is 2.48 bits per heavy atom. The zero-order chi connectivity index (χ0) is 18.6. The van der Waals surface area contributed by atoms with Crippen LogP contribution in [0.25, 0.3) is 0 Å². The fraction of sp³-hybridized carbons (Fsp3) is 0.364. The molecule has 0 saturated heterocycles. The van der Waals surface area contributed by atoms with Crippen LogP contribution in [-0.2, 0) is 15.7 Å². The van der Waals surface area contributed by atoms with E-state index in [0.29, 0.717) is 6.54 Å². The number of nitrogens with zero attached hydrogens (tertiary/aromatic N) is 1. The van der Waals surface area contributed by atoms with Gasteiger partial charge in [0.15, 0.2) is 0 Å². The monoisotopic (exact) mass is 424 g/mol. The van der Waals surface area contributed by atoms with Gasteiger partial charge in [-0.3, -0.25) is 9.59 Å². The molecular weight excluding hydrogens is 404 g/mol. The van der Waals surface area contributed by atoms with Crippen molar-refractivity contribution in [2.24, 2.45) is 0 Å². The second-order valence-corrected chi connectivity index (χ2v) is 9.04. The van der Waals surface area contributed by atoms with Crippen LogP contribution in [0.4, 0.5) is 0 Å². The molecule has 1 aliphatic heterocycles. The van der Waals surface area contributed by atoms with Crippen LogP contribution in [0, 0.1) is 0 Å².